The lowest BCUT2D eigenvalue weighted by molar-refractivity contribution is 0.405. The number of halogens is 1. The maximum Gasteiger partial charge on any atom is 0.229 e. The molecule has 3 aromatic rings. The molecule has 0 aliphatic heterocycles. The number of methoxy groups -OCH3 is 2. The first-order valence-corrected chi connectivity index (χ1v) is 9.16. The number of hydrogen-bond acceptors (Lipinski definition) is 6. The Hall–Kier alpha value is -2.99. The quantitative estimate of drug-likeness (QED) is 0.566. The molecule has 7 heteroatoms. The van der Waals surface area contributed by atoms with Gasteiger partial charge in [0.2, 0.25) is 5.95 Å². The van der Waals surface area contributed by atoms with Gasteiger partial charge < -0.3 is 20.1 Å². The molecule has 0 radical (unpaired) electrons. The van der Waals surface area contributed by atoms with Gasteiger partial charge >= 0.3 is 0 Å². The van der Waals surface area contributed by atoms with Crippen LogP contribution in [0.5, 0.6) is 11.5 Å². The molecule has 0 atom stereocenters. The number of ether oxygens (including phenoxy) is 2. The lowest BCUT2D eigenvalue weighted by Crippen LogP contribution is -2.05. The van der Waals surface area contributed by atoms with Crippen molar-refractivity contribution >= 4 is 34.7 Å². The second-order valence-electron chi connectivity index (χ2n) is 6.42. The summed E-state index contributed by atoms with van der Waals surface area (Å²) in [6.45, 7) is 6.04. The van der Waals surface area contributed by atoms with Crippen LogP contribution >= 0.6 is 11.6 Å². The lowest BCUT2D eigenvalue weighted by Gasteiger charge is -2.15. The molecule has 0 aliphatic carbocycles. The number of para-hydroxylation sites is 1. The monoisotopic (exact) mass is 398 g/mol. The average molecular weight is 399 g/mol. The number of benzene rings is 2. The second-order valence-corrected chi connectivity index (χ2v) is 6.83. The number of nitrogens with zero attached hydrogens (tertiary/aromatic N) is 2. The fraction of sp³-hybridized carbons (Fsp3) is 0.238. The first kappa shape index (κ1) is 19.8. The van der Waals surface area contributed by atoms with Crippen LogP contribution in [0.15, 0.2) is 36.4 Å². The predicted molar refractivity (Wildman–Crippen MR) is 114 cm³/mol. The van der Waals surface area contributed by atoms with Crippen molar-refractivity contribution in [2.24, 2.45) is 0 Å². The second kappa shape index (κ2) is 8.35. The molecule has 0 unspecified atom stereocenters. The molecule has 28 heavy (non-hydrogen) atoms. The molecule has 0 fully saturated rings. The van der Waals surface area contributed by atoms with E-state index >= 15 is 0 Å². The van der Waals surface area contributed by atoms with Crippen LogP contribution in [0, 0.1) is 20.8 Å². The van der Waals surface area contributed by atoms with E-state index in [1.807, 2.05) is 19.1 Å². The summed E-state index contributed by atoms with van der Waals surface area (Å²) in [6.07, 6.45) is 0. The third-order valence-corrected chi connectivity index (χ3v) is 4.60. The molecule has 3 rings (SSSR count). The van der Waals surface area contributed by atoms with Gasteiger partial charge in [-0.1, -0.05) is 29.8 Å². The fourth-order valence-electron chi connectivity index (χ4n) is 2.91. The van der Waals surface area contributed by atoms with Gasteiger partial charge in [-0.25, -0.2) is 4.98 Å². The molecule has 0 bridgehead atoms. The number of nitrogens with one attached hydrogen (secondary N) is 2. The van der Waals surface area contributed by atoms with E-state index in [9.17, 15) is 0 Å². The highest BCUT2D eigenvalue weighted by Gasteiger charge is 2.12. The number of hydrogen-bond donors (Lipinski definition) is 2. The number of anilines is 4. The van der Waals surface area contributed by atoms with Crippen molar-refractivity contribution in [1.29, 1.82) is 0 Å². The van der Waals surface area contributed by atoms with Gasteiger partial charge in [-0.05, 0) is 31.9 Å². The SMILES string of the molecule is COc1cc(Nc2nc(C)cc(Nc3c(C)cccc3C)n2)c(OC)cc1Cl. The summed E-state index contributed by atoms with van der Waals surface area (Å²) in [5, 5.41) is 7.06. The van der Waals surface area contributed by atoms with Gasteiger partial charge in [-0.3, -0.25) is 0 Å². The predicted octanol–water partition coefficient (Wildman–Crippen LogP) is 5.56. The van der Waals surface area contributed by atoms with E-state index in [0.717, 1.165) is 22.5 Å². The van der Waals surface area contributed by atoms with E-state index in [2.05, 4.69) is 46.6 Å². The summed E-state index contributed by atoms with van der Waals surface area (Å²) in [4.78, 5) is 9.07. The lowest BCUT2D eigenvalue weighted by atomic mass is 10.1. The third kappa shape index (κ3) is 4.28. The molecule has 6 nitrogen and oxygen atoms in total. The van der Waals surface area contributed by atoms with Crippen LogP contribution < -0.4 is 20.1 Å². The summed E-state index contributed by atoms with van der Waals surface area (Å²) in [5.74, 6) is 2.25. The molecule has 0 amide bonds. The number of aromatic nitrogens is 2. The summed E-state index contributed by atoms with van der Waals surface area (Å²) >= 11 is 6.18. The van der Waals surface area contributed by atoms with Crippen molar-refractivity contribution in [1.82, 2.24) is 9.97 Å². The van der Waals surface area contributed by atoms with Crippen molar-refractivity contribution in [2.45, 2.75) is 20.8 Å². The van der Waals surface area contributed by atoms with Crippen LogP contribution in [0.3, 0.4) is 0 Å². The highest BCUT2D eigenvalue weighted by atomic mass is 35.5. The standard InChI is InChI=1S/C21H23ClN4O2/c1-12-7-6-8-13(2)20(12)25-19-9-14(3)23-21(26-19)24-16-11-17(27-4)15(22)10-18(16)28-5/h6-11H,1-5H3,(H2,23,24,25,26). The highest BCUT2D eigenvalue weighted by Crippen LogP contribution is 2.37. The highest BCUT2D eigenvalue weighted by molar-refractivity contribution is 6.32. The van der Waals surface area contributed by atoms with Crippen molar-refractivity contribution in [2.75, 3.05) is 24.9 Å². The van der Waals surface area contributed by atoms with Crippen LogP contribution in [0.1, 0.15) is 16.8 Å². The average Bonchev–Trinajstić information content (AvgIpc) is 2.65. The molecule has 0 spiro atoms. The minimum absolute atomic E-state index is 0.441. The summed E-state index contributed by atoms with van der Waals surface area (Å²) in [7, 11) is 3.14. The molecule has 1 aromatic heterocycles. The molecule has 2 N–H and O–H groups in total. The van der Waals surface area contributed by atoms with Gasteiger partial charge in [0.15, 0.2) is 0 Å². The molecule has 0 saturated carbocycles. The molecule has 0 saturated heterocycles. The van der Waals surface area contributed by atoms with Crippen molar-refractivity contribution in [3.8, 4) is 11.5 Å². The number of rotatable bonds is 6. The van der Waals surface area contributed by atoms with E-state index in [0.29, 0.717) is 34.0 Å². The largest absolute Gasteiger partial charge is 0.495 e. The van der Waals surface area contributed by atoms with Gasteiger partial charge in [0.25, 0.3) is 0 Å². The van der Waals surface area contributed by atoms with E-state index in [1.54, 1.807) is 26.4 Å². The maximum absolute atomic E-state index is 6.18. The Labute approximate surface area is 169 Å². The normalized spacial score (nSPS) is 10.5. The molecular formula is C21H23ClN4O2. The first-order valence-electron chi connectivity index (χ1n) is 8.78. The Bertz CT molecular complexity index is 988. The van der Waals surface area contributed by atoms with E-state index in [4.69, 9.17) is 21.1 Å². The van der Waals surface area contributed by atoms with E-state index in [1.165, 1.54) is 0 Å². The van der Waals surface area contributed by atoms with Crippen molar-refractivity contribution in [3.05, 3.63) is 58.2 Å². The fourth-order valence-corrected chi connectivity index (χ4v) is 3.14. The maximum atomic E-state index is 6.18. The Morgan fingerprint density at radius 2 is 1.54 bits per heavy atom. The van der Waals surface area contributed by atoms with E-state index < -0.39 is 0 Å². The van der Waals surface area contributed by atoms with Crippen LogP contribution in [-0.2, 0) is 0 Å². The zero-order valence-corrected chi connectivity index (χ0v) is 17.3. The van der Waals surface area contributed by atoms with Crippen molar-refractivity contribution < 1.29 is 9.47 Å². The van der Waals surface area contributed by atoms with Gasteiger partial charge in [-0.2, -0.15) is 4.98 Å². The zero-order valence-electron chi connectivity index (χ0n) is 16.6. The van der Waals surface area contributed by atoms with Gasteiger partial charge in [0.05, 0.1) is 24.9 Å². The molecule has 1 heterocycles. The molecule has 2 aromatic carbocycles. The van der Waals surface area contributed by atoms with Gasteiger partial charge in [0, 0.05) is 29.6 Å². The Morgan fingerprint density at radius 1 is 0.857 bits per heavy atom. The van der Waals surface area contributed by atoms with Crippen molar-refractivity contribution in [3.63, 3.8) is 0 Å². The van der Waals surface area contributed by atoms with Crippen LogP contribution in [-0.4, -0.2) is 24.2 Å². The minimum Gasteiger partial charge on any atom is -0.495 e. The molecule has 146 valence electrons. The third-order valence-electron chi connectivity index (χ3n) is 4.31. The van der Waals surface area contributed by atoms with Crippen LogP contribution in [0.25, 0.3) is 0 Å². The van der Waals surface area contributed by atoms with Crippen LogP contribution in [0.2, 0.25) is 5.02 Å². The Kier molecular flexibility index (Phi) is 5.90. The topological polar surface area (TPSA) is 68.3 Å². The molecule has 0 aliphatic rings. The summed E-state index contributed by atoms with van der Waals surface area (Å²) in [5.41, 5.74) is 4.82. The smallest absolute Gasteiger partial charge is 0.229 e. The zero-order chi connectivity index (χ0) is 20.3. The summed E-state index contributed by atoms with van der Waals surface area (Å²) < 4.78 is 10.7. The van der Waals surface area contributed by atoms with Crippen LogP contribution in [0.4, 0.5) is 23.1 Å². The Morgan fingerprint density at radius 3 is 2.18 bits per heavy atom. The Balaban J connectivity index is 1.94. The minimum atomic E-state index is 0.441. The number of aryl methyl sites for hydroxylation is 3. The van der Waals surface area contributed by atoms with E-state index in [-0.39, 0.29) is 0 Å². The first-order chi connectivity index (χ1) is 13.4. The van der Waals surface area contributed by atoms with Gasteiger partial charge in [0.1, 0.15) is 17.3 Å². The summed E-state index contributed by atoms with van der Waals surface area (Å²) in [6, 6.07) is 11.5. The van der Waals surface area contributed by atoms with Gasteiger partial charge in [-0.15, -0.1) is 0 Å². The molecular weight excluding hydrogens is 376 g/mol.